The summed E-state index contributed by atoms with van der Waals surface area (Å²) in [4.78, 5) is 4.11. The van der Waals surface area contributed by atoms with Crippen molar-refractivity contribution in [3.63, 3.8) is 0 Å². The molecule has 1 heterocycles. The zero-order chi connectivity index (χ0) is 12.3. The van der Waals surface area contributed by atoms with E-state index in [0.717, 1.165) is 21.4 Å². The van der Waals surface area contributed by atoms with E-state index in [9.17, 15) is 0 Å². The molecule has 0 aliphatic rings. The van der Waals surface area contributed by atoms with Crippen LogP contribution in [-0.2, 0) is 0 Å². The normalized spacial score (nSPS) is 9.71. The first-order valence-electron chi connectivity index (χ1n) is 5.07. The summed E-state index contributed by atoms with van der Waals surface area (Å²) in [5.41, 5.74) is 3.57. The monoisotopic (exact) mass is 287 g/mol. The third-order valence-electron chi connectivity index (χ3n) is 2.25. The maximum Gasteiger partial charge on any atom is 0.0992 e. The van der Waals surface area contributed by atoms with Gasteiger partial charge in [-0.1, -0.05) is 0 Å². The quantitative estimate of drug-likeness (QED) is 0.915. The maximum absolute atomic E-state index is 8.78. The molecule has 0 saturated heterocycles. The van der Waals surface area contributed by atoms with Crippen LogP contribution in [0.2, 0.25) is 0 Å². The standard InChI is InChI=1S/C13H10BrN3/c1-9-4-11(8-16-7-9)17-13-3-2-10(6-15)5-12(13)14/h2-5,7-8,17H,1H3. The minimum atomic E-state index is 0.629. The molecule has 0 aliphatic heterocycles. The topological polar surface area (TPSA) is 48.7 Å². The summed E-state index contributed by atoms with van der Waals surface area (Å²) in [5, 5.41) is 12.0. The average Bonchev–Trinajstić information content (AvgIpc) is 2.32. The third-order valence-corrected chi connectivity index (χ3v) is 2.91. The van der Waals surface area contributed by atoms with Crippen molar-refractivity contribution in [3.05, 3.63) is 52.3 Å². The third kappa shape index (κ3) is 2.83. The molecule has 0 atom stereocenters. The number of halogens is 1. The van der Waals surface area contributed by atoms with Crippen LogP contribution in [0.25, 0.3) is 0 Å². The summed E-state index contributed by atoms with van der Waals surface area (Å²) in [5.74, 6) is 0. The van der Waals surface area contributed by atoms with Gasteiger partial charge in [0, 0.05) is 10.7 Å². The molecule has 4 heteroatoms. The van der Waals surface area contributed by atoms with Gasteiger partial charge in [0.2, 0.25) is 0 Å². The van der Waals surface area contributed by atoms with Crippen LogP contribution >= 0.6 is 15.9 Å². The Kier molecular flexibility index (Phi) is 3.40. The van der Waals surface area contributed by atoms with Crippen molar-refractivity contribution < 1.29 is 0 Å². The van der Waals surface area contributed by atoms with Crippen molar-refractivity contribution >= 4 is 27.3 Å². The number of anilines is 2. The van der Waals surface area contributed by atoms with Crippen LogP contribution in [0.5, 0.6) is 0 Å². The van der Waals surface area contributed by atoms with Crippen molar-refractivity contribution in [2.24, 2.45) is 0 Å². The van der Waals surface area contributed by atoms with Crippen molar-refractivity contribution in [3.8, 4) is 6.07 Å². The molecule has 17 heavy (non-hydrogen) atoms. The SMILES string of the molecule is Cc1cncc(Nc2ccc(C#N)cc2Br)c1. The number of pyridine rings is 1. The molecule has 0 bridgehead atoms. The summed E-state index contributed by atoms with van der Waals surface area (Å²) >= 11 is 3.43. The van der Waals surface area contributed by atoms with E-state index in [1.54, 1.807) is 24.5 Å². The van der Waals surface area contributed by atoms with Crippen LogP contribution in [0.15, 0.2) is 41.1 Å². The lowest BCUT2D eigenvalue weighted by Gasteiger charge is -2.08. The number of hydrogen-bond acceptors (Lipinski definition) is 3. The highest BCUT2D eigenvalue weighted by molar-refractivity contribution is 9.10. The van der Waals surface area contributed by atoms with Crippen LogP contribution in [0.4, 0.5) is 11.4 Å². The van der Waals surface area contributed by atoms with Crippen LogP contribution < -0.4 is 5.32 Å². The molecule has 2 rings (SSSR count). The van der Waals surface area contributed by atoms with Crippen LogP contribution in [0, 0.1) is 18.3 Å². The molecule has 0 saturated carbocycles. The number of rotatable bonds is 2. The summed E-state index contributed by atoms with van der Waals surface area (Å²) in [6, 6.07) is 9.53. The van der Waals surface area contributed by atoms with Gasteiger partial charge in [0.1, 0.15) is 0 Å². The lowest BCUT2D eigenvalue weighted by Crippen LogP contribution is -1.93. The first-order valence-corrected chi connectivity index (χ1v) is 5.86. The highest BCUT2D eigenvalue weighted by Gasteiger charge is 2.02. The zero-order valence-corrected chi connectivity index (χ0v) is 10.8. The molecule has 1 aromatic carbocycles. The van der Waals surface area contributed by atoms with Gasteiger partial charge in [0.15, 0.2) is 0 Å². The van der Waals surface area contributed by atoms with E-state index in [4.69, 9.17) is 5.26 Å². The Labute approximate surface area is 108 Å². The predicted octanol–water partition coefficient (Wildman–Crippen LogP) is 3.77. The van der Waals surface area contributed by atoms with E-state index < -0.39 is 0 Å². The second kappa shape index (κ2) is 4.98. The second-order valence-corrected chi connectivity index (χ2v) is 4.54. The van der Waals surface area contributed by atoms with Crippen molar-refractivity contribution in [1.29, 1.82) is 5.26 Å². The van der Waals surface area contributed by atoms with Gasteiger partial charge in [-0.25, -0.2) is 0 Å². The second-order valence-electron chi connectivity index (χ2n) is 3.68. The predicted molar refractivity (Wildman–Crippen MR) is 71.1 cm³/mol. The van der Waals surface area contributed by atoms with Gasteiger partial charge in [-0.2, -0.15) is 5.26 Å². The summed E-state index contributed by atoms with van der Waals surface area (Å²) in [7, 11) is 0. The van der Waals surface area contributed by atoms with Crippen molar-refractivity contribution in [1.82, 2.24) is 4.98 Å². The molecule has 0 radical (unpaired) electrons. The van der Waals surface area contributed by atoms with Crippen molar-refractivity contribution in [2.45, 2.75) is 6.92 Å². The van der Waals surface area contributed by atoms with Gasteiger partial charge in [-0.15, -0.1) is 0 Å². The van der Waals surface area contributed by atoms with Crippen LogP contribution in [0.3, 0.4) is 0 Å². The van der Waals surface area contributed by atoms with E-state index in [1.807, 2.05) is 19.1 Å². The molecule has 0 unspecified atom stereocenters. The molecule has 0 amide bonds. The van der Waals surface area contributed by atoms with E-state index in [1.165, 1.54) is 0 Å². The minimum absolute atomic E-state index is 0.629. The largest absolute Gasteiger partial charge is 0.353 e. The van der Waals surface area contributed by atoms with Crippen LogP contribution in [0.1, 0.15) is 11.1 Å². The Morgan fingerprint density at radius 2 is 2.12 bits per heavy atom. The molecule has 2 aromatic rings. The summed E-state index contributed by atoms with van der Waals surface area (Å²) < 4.78 is 0.859. The number of aryl methyl sites for hydroxylation is 1. The Morgan fingerprint density at radius 3 is 2.76 bits per heavy atom. The zero-order valence-electron chi connectivity index (χ0n) is 9.24. The number of nitriles is 1. The fraction of sp³-hybridized carbons (Fsp3) is 0.0769. The van der Waals surface area contributed by atoms with Gasteiger partial charge in [-0.05, 0) is 52.7 Å². The van der Waals surface area contributed by atoms with E-state index in [2.05, 4.69) is 32.3 Å². The van der Waals surface area contributed by atoms with E-state index in [-0.39, 0.29) is 0 Å². The Balaban J connectivity index is 2.28. The van der Waals surface area contributed by atoms with E-state index >= 15 is 0 Å². The highest BCUT2D eigenvalue weighted by atomic mass is 79.9. The average molecular weight is 288 g/mol. The number of benzene rings is 1. The summed E-state index contributed by atoms with van der Waals surface area (Å²) in [6.07, 6.45) is 3.57. The van der Waals surface area contributed by atoms with Crippen molar-refractivity contribution in [2.75, 3.05) is 5.32 Å². The molecule has 1 N–H and O–H groups in total. The Hall–Kier alpha value is -1.86. The number of nitrogens with one attached hydrogen (secondary N) is 1. The molecular weight excluding hydrogens is 278 g/mol. The smallest absolute Gasteiger partial charge is 0.0992 e. The van der Waals surface area contributed by atoms with Gasteiger partial charge < -0.3 is 5.32 Å². The maximum atomic E-state index is 8.78. The minimum Gasteiger partial charge on any atom is -0.353 e. The summed E-state index contributed by atoms with van der Waals surface area (Å²) in [6.45, 7) is 1.99. The lowest BCUT2D eigenvalue weighted by molar-refractivity contribution is 1.26. The Morgan fingerprint density at radius 1 is 1.29 bits per heavy atom. The number of nitrogens with zero attached hydrogens (tertiary/aromatic N) is 2. The van der Waals surface area contributed by atoms with Gasteiger partial charge >= 0.3 is 0 Å². The van der Waals surface area contributed by atoms with Gasteiger partial charge in [0.25, 0.3) is 0 Å². The van der Waals surface area contributed by atoms with Gasteiger partial charge in [-0.3, -0.25) is 4.98 Å². The fourth-order valence-electron chi connectivity index (χ4n) is 1.46. The van der Waals surface area contributed by atoms with E-state index in [0.29, 0.717) is 5.56 Å². The molecular formula is C13H10BrN3. The van der Waals surface area contributed by atoms with Crippen LogP contribution in [-0.4, -0.2) is 4.98 Å². The lowest BCUT2D eigenvalue weighted by atomic mass is 10.2. The fourth-order valence-corrected chi connectivity index (χ4v) is 1.94. The highest BCUT2D eigenvalue weighted by Crippen LogP contribution is 2.26. The van der Waals surface area contributed by atoms with Gasteiger partial charge in [0.05, 0.1) is 29.2 Å². The first-order chi connectivity index (χ1) is 8.19. The number of hydrogen-bond donors (Lipinski definition) is 1. The molecule has 84 valence electrons. The molecule has 3 nitrogen and oxygen atoms in total. The molecule has 0 fully saturated rings. The first kappa shape index (κ1) is 11.6. The Bertz CT molecular complexity index is 587. The molecule has 1 aromatic heterocycles. The molecule has 0 aliphatic carbocycles. The molecule has 0 spiro atoms. The number of aromatic nitrogens is 1.